The highest BCUT2D eigenvalue weighted by atomic mass is 16.6. The van der Waals surface area contributed by atoms with Gasteiger partial charge in [0.15, 0.2) is 0 Å². The lowest BCUT2D eigenvalue weighted by molar-refractivity contribution is -0.119. The molecule has 1 aliphatic rings. The van der Waals surface area contributed by atoms with E-state index in [0.717, 1.165) is 25.5 Å². The number of hydrogen-bond acceptors (Lipinski definition) is 4. The van der Waals surface area contributed by atoms with E-state index in [1.165, 1.54) is 4.90 Å². The quantitative estimate of drug-likeness (QED) is 0.725. The summed E-state index contributed by atoms with van der Waals surface area (Å²) in [7, 11) is 1.57. The monoisotopic (exact) mass is 257 g/mol. The molecule has 104 valence electrons. The van der Waals surface area contributed by atoms with Gasteiger partial charge < -0.3 is 14.3 Å². The van der Waals surface area contributed by atoms with Gasteiger partial charge in [-0.3, -0.25) is 4.90 Å². The molecule has 1 saturated heterocycles. The van der Waals surface area contributed by atoms with Crippen LogP contribution in [0.2, 0.25) is 0 Å². The van der Waals surface area contributed by atoms with Crippen LogP contribution in [0.5, 0.6) is 0 Å². The smallest absolute Gasteiger partial charge is 0.410 e. The first-order chi connectivity index (χ1) is 8.35. The maximum absolute atomic E-state index is 11.9. The van der Waals surface area contributed by atoms with E-state index in [9.17, 15) is 9.59 Å². The Kier molecular flexibility index (Phi) is 5.14. The maximum Gasteiger partial charge on any atom is 0.410 e. The standard InChI is InChI=1S/C13H23NO4/c1-13(2,3)18-12(16)14(4)10(9-15)11-7-5-6-8-17-11/h9-11H,5-8H2,1-4H3. The van der Waals surface area contributed by atoms with Crippen molar-refractivity contribution in [1.29, 1.82) is 0 Å². The number of amides is 1. The normalized spacial score (nSPS) is 22.1. The van der Waals surface area contributed by atoms with Crippen molar-refractivity contribution < 1.29 is 19.1 Å². The first-order valence-corrected chi connectivity index (χ1v) is 6.38. The van der Waals surface area contributed by atoms with Crippen LogP contribution in [0.4, 0.5) is 4.79 Å². The molecule has 0 saturated carbocycles. The molecule has 0 N–H and O–H groups in total. The van der Waals surface area contributed by atoms with Crippen LogP contribution in [-0.4, -0.2) is 48.7 Å². The zero-order chi connectivity index (χ0) is 13.8. The molecule has 18 heavy (non-hydrogen) atoms. The molecule has 1 fully saturated rings. The van der Waals surface area contributed by atoms with E-state index in [0.29, 0.717) is 6.61 Å². The van der Waals surface area contributed by atoms with Crippen LogP contribution < -0.4 is 0 Å². The van der Waals surface area contributed by atoms with Crippen LogP contribution in [0.25, 0.3) is 0 Å². The van der Waals surface area contributed by atoms with E-state index < -0.39 is 17.7 Å². The second kappa shape index (κ2) is 6.18. The Morgan fingerprint density at radius 2 is 2.11 bits per heavy atom. The van der Waals surface area contributed by atoms with Gasteiger partial charge in [0.1, 0.15) is 17.9 Å². The third kappa shape index (κ3) is 4.29. The zero-order valence-corrected chi connectivity index (χ0v) is 11.6. The summed E-state index contributed by atoms with van der Waals surface area (Å²) in [5.41, 5.74) is -0.563. The van der Waals surface area contributed by atoms with Crippen LogP contribution >= 0.6 is 0 Å². The van der Waals surface area contributed by atoms with Crippen molar-refractivity contribution in [2.24, 2.45) is 0 Å². The van der Waals surface area contributed by atoms with Crippen molar-refractivity contribution in [2.75, 3.05) is 13.7 Å². The number of nitrogens with zero attached hydrogens (tertiary/aromatic N) is 1. The molecule has 0 spiro atoms. The first-order valence-electron chi connectivity index (χ1n) is 6.38. The SMILES string of the molecule is CN(C(=O)OC(C)(C)C)C(C=O)C1CCCCO1. The lowest BCUT2D eigenvalue weighted by atomic mass is 10.0. The summed E-state index contributed by atoms with van der Waals surface area (Å²) in [5.74, 6) is 0. The number of hydrogen-bond donors (Lipinski definition) is 0. The van der Waals surface area contributed by atoms with Gasteiger partial charge in [0.2, 0.25) is 0 Å². The summed E-state index contributed by atoms with van der Waals surface area (Å²) >= 11 is 0. The molecule has 1 rings (SSSR count). The van der Waals surface area contributed by atoms with Crippen molar-refractivity contribution >= 4 is 12.4 Å². The van der Waals surface area contributed by atoms with Crippen LogP contribution in [-0.2, 0) is 14.3 Å². The number of likely N-dealkylation sites (N-methyl/N-ethyl adjacent to an activating group) is 1. The van der Waals surface area contributed by atoms with Crippen molar-refractivity contribution in [3.8, 4) is 0 Å². The van der Waals surface area contributed by atoms with Crippen molar-refractivity contribution in [1.82, 2.24) is 4.90 Å². The molecular weight excluding hydrogens is 234 g/mol. The number of aldehydes is 1. The largest absolute Gasteiger partial charge is 0.444 e. The second-order valence-corrected chi connectivity index (χ2v) is 5.62. The molecule has 0 aromatic rings. The molecule has 2 atom stereocenters. The lowest BCUT2D eigenvalue weighted by Crippen LogP contribution is -2.49. The van der Waals surface area contributed by atoms with Gasteiger partial charge in [0, 0.05) is 13.7 Å². The molecule has 5 nitrogen and oxygen atoms in total. The number of rotatable bonds is 3. The van der Waals surface area contributed by atoms with E-state index in [1.54, 1.807) is 27.8 Å². The number of carbonyl (C=O) groups excluding carboxylic acids is 2. The molecule has 0 radical (unpaired) electrons. The van der Waals surface area contributed by atoms with Crippen LogP contribution in [0.1, 0.15) is 40.0 Å². The molecular formula is C13H23NO4. The Labute approximate surface area is 108 Å². The Morgan fingerprint density at radius 1 is 1.44 bits per heavy atom. The summed E-state index contributed by atoms with van der Waals surface area (Å²) in [6.07, 6.45) is 2.90. The van der Waals surface area contributed by atoms with Gasteiger partial charge in [-0.15, -0.1) is 0 Å². The molecule has 0 bridgehead atoms. The first kappa shape index (κ1) is 15.0. The molecule has 0 aromatic carbocycles. The highest BCUT2D eigenvalue weighted by Crippen LogP contribution is 2.19. The molecule has 0 aliphatic carbocycles. The van der Waals surface area contributed by atoms with Gasteiger partial charge in [-0.1, -0.05) is 0 Å². The van der Waals surface area contributed by atoms with E-state index >= 15 is 0 Å². The van der Waals surface area contributed by atoms with Crippen LogP contribution in [0, 0.1) is 0 Å². The average Bonchev–Trinajstić information content (AvgIpc) is 2.29. The lowest BCUT2D eigenvalue weighted by Gasteiger charge is -2.34. The summed E-state index contributed by atoms with van der Waals surface area (Å²) < 4.78 is 10.8. The molecule has 0 aromatic heterocycles. The fraction of sp³-hybridized carbons (Fsp3) is 0.846. The van der Waals surface area contributed by atoms with Gasteiger partial charge in [-0.25, -0.2) is 4.79 Å². The van der Waals surface area contributed by atoms with Crippen molar-refractivity contribution in [3.63, 3.8) is 0 Å². The predicted molar refractivity (Wildman–Crippen MR) is 67.4 cm³/mol. The number of carbonyl (C=O) groups is 2. The molecule has 1 heterocycles. The Hall–Kier alpha value is -1.10. The highest BCUT2D eigenvalue weighted by Gasteiger charge is 2.32. The summed E-state index contributed by atoms with van der Waals surface area (Å²) in [4.78, 5) is 24.4. The van der Waals surface area contributed by atoms with E-state index in [1.807, 2.05) is 0 Å². The third-order valence-corrected chi connectivity index (χ3v) is 2.86. The molecule has 1 aliphatic heterocycles. The number of ether oxygens (including phenoxy) is 2. The fourth-order valence-electron chi connectivity index (χ4n) is 1.92. The van der Waals surface area contributed by atoms with Crippen molar-refractivity contribution in [3.05, 3.63) is 0 Å². The van der Waals surface area contributed by atoms with Gasteiger partial charge in [-0.2, -0.15) is 0 Å². The Morgan fingerprint density at radius 3 is 2.56 bits per heavy atom. The minimum atomic E-state index is -0.569. The highest BCUT2D eigenvalue weighted by molar-refractivity contribution is 5.73. The van der Waals surface area contributed by atoms with E-state index in [4.69, 9.17) is 9.47 Å². The van der Waals surface area contributed by atoms with Crippen molar-refractivity contribution in [2.45, 2.75) is 57.8 Å². The fourth-order valence-corrected chi connectivity index (χ4v) is 1.92. The minimum Gasteiger partial charge on any atom is -0.444 e. The maximum atomic E-state index is 11.9. The molecule has 5 heteroatoms. The predicted octanol–water partition coefficient (Wildman–Crippen LogP) is 1.99. The minimum absolute atomic E-state index is 0.214. The topological polar surface area (TPSA) is 55.8 Å². The molecule has 1 amide bonds. The Balaban J connectivity index is 2.63. The average molecular weight is 257 g/mol. The van der Waals surface area contributed by atoms with Gasteiger partial charge in [-0.05, 0) is 40.0 Å². The van der Waals surface area contributed by atoms with Gasteiger partial charge >= 0.3 is 6.09 Å². The second-order valence-electron chi connectivity index (χ2n) is 5.62. The Bertz CT molecular complexity index is 292. The summed E-state index contributed by atoms with van der Waals surface area (Å²) in [5, 5.41) is 0. The van der Waals surface area contributed by atoms with E-state index in [-0.39, 0.29) is 6.10 Å². The third-order valence-electron chi connectivity index (χ3n) is 2.86. The summed E-state index contributed by atoms with van der Waals surface area (Å²) in [6.45, 7) is 6.04. The van der Waals surface area contributed by atoms with Crippen LogP contribution in [0.3, 0.4) is 0 Å². The van der Waals surface area contributed by atoms with E-state index in [2.05, 4.69) is 0 Å². The summed E-state index contributed by atoms with van der Waals surface area (Å²) in [6, 6.07) is -0.569. The van der Waals surface area contributed by atoms with Crippen LogP contribution in [0.15, 0.2) is 0 Å². The van der Waals surface area contributed by atoms with Gasteiger partial charge in [0.05, 0.1) is 6.10 Å². The molecule has 2 unspecified atom stereocenters. The zero-order valence-electron chi connectivity index (χ0n) is 11.6. The van der Waals surface area contributed by atoms with Gasteiger partial charge in [0.25, 0.3) is 0 Å².